The molecule has 8 nitrogen and oxygen atoms in total. The summed E-state index contributed by atoms with van der Waals surface area (Å²) in [6.45, 7) is 10.5. The molecule has 3 heterocycles. The standard InChI is InChI=1S/C30H44N6O2S/c1-21(20-38-3)32-30-31-17-27-28(19-36(29(27)33-30)25-9-11-26(37)12-10-25)24-7-5-23(6-8-24)18-34-13-15-35(16-14-34)22(2)39-4/h5-8,17,19,21-22,25-26,37H,9-16,18,20H2,1-4H3,(H,31,32,33). The molecule has 0 amide bonds. The third-order valence-electron chi connectivity index (χ3n) is 8.36. The Balaban J connectivity index is 1.36. The molecule has 2 aliphatic rings. The number of anilines is 1. The summed E-state index contributed by atoms with van der Waals surface area (Å²) in [6.07, 6.45) is 9.80. The zero-order chi connectivity index (χ0) is 27.4. The lowest BCUT2D eigenvalue weighted by Crippen LogP contribution is -2.48. The van der Waals surface area contributed by atoms with Gasteiger partial charge in [-0.15, -0.1) is 11.8 Å². The van der Waals surface area contributed by atoms with E-state index in [2.05, 4.69) is 75.2 Å². The van der Waals surface area contributed by atoms with E-state index in [1.54, 1.807) is 7.11 Å². The number of hydrogen-bond acceptors (Lipinski definition) is 8. The zero-order valence-electron chi connectivity index (χ0n) is 23.8. The fourth-order valence-electron chi connectivity index (χ4n) is 5.94. The first-order valence-corrected chi connectivity index (χ1v) is 15.6. The molecule has 2 aromatic heterocycles. The summed E-state index contributed by atoms with van der Waals surface area (Å²) in [5.74, 6) is 0.621. The quantitative estimate of drug-likeness (QED) is 0.370. The smallest absolute Gasteiger partial charge is 0.224 e. The Labute approximate surface area is 237 Å². The molecule has 1 aliphatic heterocycles. The van der Waals surface area contributed by atoms with Gasteiger partial charge in [0.1, 0.15) is 5.65 Å². The van der Waals surface area contributed by atoms with Gasteiger partial charge >= 0.3 is 0 Å². The molecule has 2 N–H and O–H groups in total. The summed E-state index contributed by atoms with van der Waals surface area (Å²) in [4.78, 5) is 14.8. The molecule has 1 aromatic carbocycles. The van der Waals surface area contributed by atoms with Gasteiger partial charge < -0.3 is 19.7 Å². The molecule has 2 unspecified atom stereocenters. The number of methoxy groups -OCH3 is 1. The Morgan fingerprint density at radius 3 is 2.46 bits per heavy atom. The lowest BCUT2D eigenvalue weighted by Gasteiger charge is -2.37. The molecule has 1 aliphatic carbocycles. The number of hydrogen-bond donors (Lipinski definition) is 2. The molecule has 2 fully saturated rings. The van der Waals surface area contributed by atoms with E-state index in [-0.39, 0.29) is 12.1 Å². The molecule has 2 atom stereocenters. The van der Waals surface area contributed by atoms with E-state index >= 15 is 0 Å². The van der Waals surface area contributed by atoms with Crippen molar-refractivity contribution < 1.29 is 9.84 Å². The second-order valence-electron chi connectivity index (χ2n) is 11.2. The monoisotopic (exact) mass is 552 g/mol. The van der Waals surface area contributed by atoms with Crippen LogP contribution >= 0.6 is 11.8 Å². The van der Waals surface area contributed by atoms with Gasteiger partial charge in [-0.1, -0.05) is 24.3 Å². The number of nitrogens with zero attached hydrogens (tertiary/aromatic N) is 5. The first-order valence-electron chi connectivity index (χ1n) is 14.3. The number of nitrogens with one attached hydrogen (secondary N) is 1. The van der Waals surface area contributed by atoms with Crippen LogP contribution in [0.3, 0.4) is 0 Å². The fourth-order valence-corrected chi connectivity index (χ4v) is 6.45. The highest BCUT2D eigenvalue weighted by molar-refractivity contribution is 7.99. The molecule has 212 valence electrons. The molecule has 3 aromatic rings. The van der Waals surface area contributed by atoms with Crippen molar-refractivity contribution in [3.63, 3.8) is 0 Å². The molecular formula is C30H44N6O2S. The van der Waals surface area contributed by atoms with E-state index in [1.165, 1.54) is 16.7 Å². The first kappa shape index (κ1) is 28.4. The number of ether oxygens (including phenoxy) is 1. The predicted octanol–water partition coefficient (Wildman–Crippen LogP) is 4.85. The maximum absolute atomic E-state index is 10.1. The summed E-state index contributed by atoms with van der Waals surface area (Å²) < 4.78 is 7.60. The molecular weight excluding hydrogens is 508 g/mol. The van der Waals surface area contributed by atoms with E-state index in [1.807, 2.05) is 18.0 Å². The van der Waals surface area contributed by atoms with Crippen molar-refractivity contribution in [1.29, 1.82) is 0 Å². The van der Waals surface area contributed by atoms with Gasteiger partial charge in [0.25, 0.3) is 0 Å². The Morgan fingerprint density at radius 1 is 1.08 bits per heavy atom. The fraction of sp³-hybridized carbons (Fsp3) is 0.600. The average molecular weight is 553 g/mol. The summed E-state index contributed by atoms with van der Waals surface area (Å²) in [5, 5.41) is 15.1. The van der Waals surface area contributed by atoms with Crippen LogP contribution in [-0.4, -0.2) is 93.1 Å². The van der Waals surface area contributed by atoms with Gasteiger partial charge in [-0.3, -0.25) is 9.80 Å². The van der Waals surface area contributed by atoms with Crippen LogP contribution in [0.15, 0.2) is 36.7 Å². The van der Waals surface area contributed by atoms with Crippen LogP contribution in [0.5, 0.6) is 0 Å². The van der Waals surface area contributed by atoms with E-state index in [9.17, 15) is 5.11 Å². The summed E-state index contributed by atoms with van der Waals surface area (Å²) in [7, 11) is 1.70. The number of aromatic nitrogens is 3. The summed E-state index contributed by atoms with van der Waals surface area (Å²) in [5.41, 5.74) is 4.66. The molecule has 0 spiro atoms. The van der Waals surface area contributed by atoms with Crippen molar-refractivity contribution in [3.8, 4) is 11.1 Å². The highest BCUT2D eigenvalue weighted by Gasteiger charge is 2.25. The number of thioether (sulfide) groups is 1. The number of aliphatic hydroxyl groups excluding tert-OH is 1. The van der Waals surface area contributed by atoms with Gasteiger partial charge in [0.15, 0.2) is 0 Å². The Morgan fingerprint density at radius 2 is 1.79 bits per heavy atom. The second kappa shape index (κ2) is 13.0. The zero-order valence-corrected chi connectivity index (χ0v) is 24.7. The molecule has 1 saturated heterocycles. The van der Waals surface area contributed by atoms with Crippen LogP contribution in [0.2, 0.25) is 0 Å². The molecule has 0 bridgehead atoms. The summed E-state index contributed by atoms with van der Waals surface area (Å²) >= 11 is 1.93. The van der Waals surface area contributed by atoms with Gasteiger partial charge in [0.2, 0.25) is 5.95 Å². The van der Waals surface area contributed by atoms with Crippen LogP contribution in [0.4, 0.5) is 5.95 Å². The van der Waals surface area contributed by atoms with Crippen LogP contribution in [-0.2, 0) is 11.3 Å². The molecule has 9 heteroatoms. The minimum Gasteiger partial charge on any atom is -0.393 e. The van der Waals surface area contributed by atoms with Crippen LogP contribution in [0, 0.1) is 0 Å². The molecule has 5 rings (SSSR count). The number of fused-ring (bicyclic) bond motifs is 1. The summed E-state index contributed by atoms with van der Waals surface area (Å²) in [6, 6.07) is 9.49. The van der Waals surface area contributed by atoms with Gasteiger partial charge in [-0.25, -0.2) is 4.98 Å². The maximum Gasteiger partial charge on any atom is 0.224 e. The Kier molecular flexibility index (Phi) is 9.45. The van der Waals surface area contributed by atoms with Crippen LogP contribution in [0.1, 0.15) is 51.1 Å². The number of benzene rings is 1. The highest BCUT2D eigenvalue weighted by atomic mass is 32.2. The molecule has 0 radical (unpaired) electrons. The van der Waals surface area contributed by atoms with Gasteiger partial charge in [-0.2, -0.15) is 4.98 Å². The maximum atomic E-state index is 10.1. The van der Waals surface area contributed by atoms with Crippen LogP contribution in [0.25, 0.3) is 22.2 Å². The van der Waals surface area contributed by atoms with E-state index in [0.717, 1.165) is 69.4 Å². The van der Waals surface area contributed by atoms with Crippen molar-refractivity contribution in [2.45, 2.75) is 69.6 Å². The van der Waals surface area contributed by atoms with Crippen molar-refractivity contribution in [2.75, 3.05) is 51.5 Å². The van der Waals surface area contributed by atoms with Gasteiger partial charge in [0, 0.05) is 75.3 Å². The minimum atomic E-state index is -0.186. The second-order valence-corrected chi connectivity index (χ2v) is 12.3. The molecule has 39 heavy (non-hydrogen) atoms. The average Bonchev–Trinajstić information content (AvgIpc) is 3.33. The number of aliphatic hydroxyl groups is 1. The van der Waals surface area contributed by atoms with Crippen molar-refractivity contribution in [1.82, 2.24) is 24.3 Å². The van der Waals surface area contributed by atoms with Crippen molar-refractivity contribution in [3.05, 3.63) is 42.2 Å². The normalized spacial score (nSPS) is 22.7. The highest BCUT2D eigenvalue weighted by Crippen LogP contribution is 2.37. The topological polar surface area (TPSA) is 78.7 Å². The van der Waals surface area contributed by atoms with Gasteiger partial charge in [-0.05, 0) is 56.9 Å². The SMILES string of the molecule is COCC(C)Nc1ncc2c(-c3ccc(CN4CCN(C(C)SC)CC4)cc3)cn(C3CCC(O)CC3)c2n1. The Hall–Kier alpha value is -2.17. The lowest BCUT2D eigenvalue weighted by molar-refractivity contribution is 0.111. The number of rotatable bonds is 10. The van der Waals surface area contributed by atoms with Crippen LogP contribution < -0.4 is 5.32 Å². The predicted molar refractivity (Wildman–Crippen MR) is 161 cm³/mol. The third kappa shape index (κ3) is 6.77. The number of piperazine rings is 1. The Bertz CT molecular complexity index is 1200. The van der Waals surface area contributed by atoms with E-state index in [0.29, 0.717) is 24.0 Å². The third-order valence-corrected chi connectivity index (χ3v) is 9.34. The minimum absolute atomic E-state index is 0.115. The first-order chi connectivity index (χ1) is 18.9. The van der Waals surface area contributed by atoms with E-state index in [4.69, 9.17) is 9.72 Å². The largest absolute Gasteiger partial charge is 0.393 e. The van der Waals surface area contributed by atoms with Crippen molar-refractivity contribution >= 4 is 28.7 Å². The van der Waals surface area contributed by atoms with Gasteiger partial charge in [0.05, 0.1) is 18.1 Å². The molecule has 1 saturated carbocycles. The lowest BCUT2D eigenvalue weighted by atomic mass is 9.93. The van der Waals surface area contributed by atoms with E-state index < -0.39 is 0 Å². The van der Waals surface area contributed by atoms with Crippen molar-refractivity contribution in [2.24, 2.45) is 0 Å².